The summed E-state index contributed by atoms with van der Waals surface area (Å²) in [7, 11) is 0. The lowest BCUT2D eigenvalue weighted by molar-refractivity contribution is -0.234. The van der Waals surface area contributed by atoms with Crippen LogP contribution in [0, 0.1) is 0 Å². The van der Waals surface area contributed by atoms with Crippen LogP contribution in [0.1, 0.15) is 46.0 Å². The lowest BCUT2D eigenvalue weighted by Crippen LogP contribution is -2.40. The third kappa shape index (κ3) is 2.47. The van der Waals surface area contributed by atoms with E-state index in [4.69, 9.17) is 9.47 Å². The van der Waals surface area contributed by atoms with Gasteiger partial charge in [-0.2, -0.15) is 0 Å². The van der Waals surface area contributed by atoms with E-state index in [1.807, 2.05) is 13.8 Å². The minimum Gasteiger partial charge on any atom is -0.422 e. The maximum absolute atomic E-state index is 11.3. The Bertz CT molecular complexity index is 210. The first-order chi connectivity index (χ1) is 6.62. The van der Waals surface area contributed by atoms with Gasteiger partial charge in [-0.15, -0.1) is 0 Å². The van der Waals surface area contributed by atoms with E-state index in [1.54, 1.807) is 0 Å². The molecule has 0 bridgehead atoms. The van der Waals surface area contributed by atoms with E-state index < -0.39 is 5.79 Å². The van der Waals surface area contributed by atoms with Crippen LogP contribution in [0.3, 0.4) is 0 Å². The summed E-state index contributed by atoms with van der Waals surface area (Å²) in [6, 6.07) is 0. The lowest BCUT2D eigenvalue weighted by atomic mass is 10.1. The molecule has 0 atom stereocenters. The molecular weight excluding hydrogens is 184 g/mol. The first-order valence-electron chi connectivity index (χ1n) is 5.05. The van der Waals surface area contributed by atoms with E-state index in [0.717, 1.165) is 0 Å². The number of hydrogen-bond acceptors (Lipinski definition) is 4. The van der Waals surface area contributed by atoms with Gasteiger partial charge in [0.25, 0.3) is 5.79 Å². The minimum absolute atomic E-state index is 0.277. The molecule has 0 saturated carbocycles. The van der Waals surface area contributed by atoms with Crippen molar-refractivity contribution < 1.29 is 19.1 Å². The smallest absolute Gasteiger partial charge is 0.309 e. The standard InChI is InChI=1S/C10H16O4/c1-3-10(4-2)13-8(11)6-5-7-9(12)14-10/h3-7H2,1-2H3. The van der Waals surface area contributed by atoms with Crippen LogP contribution in [-0.2, 0) is 19.1 Å². The number of ether oxygens (including phenoxy) is 2. The monoisotopic (exact) mass is 200 g/mol. The fourth-order valence-electron chi connectivity index (χ4n) is 1.45. The Morgan fingerprint density at radius 1 is 1.07 bits per heavy atom. The van der Waals surface area contributed by atoms with Gasteiger partial charge >= 0.3 is 11.9 Å². The maximum Gasteiger partial charge on any atom is 0.309 e. The quantitative estimate of drug-likeness (QED) is 0.637. The number of carbonyl (C=O) groups is 2. The van der Waals surface area contributed by atoms with E-state index in [-0.39, 0.29) is 11.9 Å². The van der Waals surface area contributed by atoms with Gasteiger partial charge < -0.3 is 9.47 Å². The van der Waals surface area contributed by atoms with Crippen LogP contribution >= 0.6 is 0 Å². The topological polar surface area (TPSA) is 52.6 Å². The Morgan fingerprint density at radius 2 is 1.50 bits per heavy atom. The molecule has 1 saturated heterocycles. The number of rotatable bonds is 2. The van der Waals surface area contributed by atoms with E-state index in [1.165, 1.54) is 0 Å². The Labute approximate surface area is 83.6 Å². The molecule has 0 aliphatic carbocycles. The Kier molecular flexibility index (Phi) is 3.49. The van der Waals surface area contributed by atoms with Crippen LogP contribution in [0.5, 0.6) is 0 Å². The third-order valence-electron chi connectivity index (χ3n) is 2.44. The van der Waals surface area contributed by atoms with Crippen LogP contribution in [-0.4, -0.2) is 17.7 Å². The van der Waals surface area contributed by atoms with Gasteiger partial charge in [0, 0.05) is 25.7 Å². The zero-order chi connectivity index (χ0) is 10.6. The predicted octanol–water partition coefficient (Wildman–Crippen LogP) is 1.77. The summed E-state index contributed by atoms with van der Waals surface area (Å²) < 4.78 is 10.3. The van der Waals surface area contributed by atoms with E-state index >= 15 is 0 Å². The molecule has 0 unspecified atom stereocenters. The molecule has 1 aliphatic heterocycles. The molecule has 0 aromatic rings. The average molecular weight is 200 g/mol. The molecule has 1 heterocycles. The number of carbonyl (C=O) groups excluding carboxylic acids is 2. The first-order valence-corrected chi connectivity index (χ1v) is 5.05. The Morgan fingerprint density at radius 3 is 1.86 bits per heavy atom. The Hall–Kier alpha value is -1.06. The van der Waals surface area contributed by atoms with Crippen molar-refractivity contribution in [3.63, 3.8) is 0 Å². The highest BCUT2D eigenvalue weighted by molar-refractivity contribution is 5.74. The van der Waals surface area contributed by atoms with Gasteiger partial charge in [-0.05, 0) is 6.42 Å². The van der Waals surface area contributed by atoms with Crippen LogP contribution in [0.15, 0.2) is 0 Å². The fraction of sp³-hybridized carbons (Fsp3) is 0.800. The molecule has 0 aromatic heterocycles. The molecular formula is C10H16O4. The van der Waals surface area contributed by atoms with E-state index in [0.29, 0.717) is 32.1 Å². The van der Waals surface area contributed by atoms with Crippen LogP contribution in [0.4, 0.5) is 0 Å². The zero-order valence-corrected chi connectivity index (χ0v) is 8.67. The molecule has 0 spiro atoms. The Balaban J connectivity index is 2.77. The summed E-state index contributed by atoms with van der Waals surface area (Å²) in [5, 5.41) is 0. The lowest BCUT2D eigenvalue weighted by Gasteiger charge is -2.32. The molecule has 0 aromatic carbocycles. The average Bonchev–Trinajstić information content (AvgIpc) is 2.14. The van der Waals surface area contributed by atoms with Crippen molar-refractivity contribution in [1.82, 2.24) is 0 Å². The summed E-state index contributed by atoms with van der Waals surface area (Å²) in [6.45, 7) is 3.68. The second-order valence-electron chi connectivity index (χ2n) is 3.42. The van der Waals surface area contributed by atoms with Crippen molar-refractivity contribution >= 4 is 11.9 Å². The van der Waals surface area contributed by atoms with Crippen molar-refractivity contribution in [2.24, 2.45) is 0 Å². The van der Waals surface area contributed by atoms with Crippen LogP contribution in [0.25, 0.3) is 0 Å². The molecule has 0 N–H and O–H groups in total. The minimum atomic E-state index is -1.02. The van der Waals surface area contributed by atoms with Gasteiger partial charge in [0.2, 0.25) is 0 Å². The highest BCUT2D eigenvalue weighted by atomic mass is 16.7. The number of esters is 2. The molecule has 0 amide bonds. The van der Waals surface area contributed by atoms with Gasteiger partial charge in [-0.1, -0.05) is 13.8 Å². The summed E-state index contributed by atoms with van der Waals surface area (Å²) in [6.07, 6.45) is 2.12. The van der Waals surface area contributed by atoms with Gasteiger partial charge in [0.1, 0.15) is 0 Å². The van der Waals surface area contributed by atoms with Crippen molar-refractivity contribution in [1.29, 1.82) is 0 Å². The highest BCUT2D eigenvalue weighted by Gasteiger charge is 2.36. The maximum atomic E-state index is 11.3. The molecule has 1 aliphatic rings. The summed E-state index contributed by atoms with van der Waals surface area (Å²) in [5.41, 5.74) is 0. The van der Waals surface area contributed by atoms with Gasteiger partial charge in [0.15, 0.2) is 0 Å². The predicted molar refractivity (Wildman–Crippen MR) is 49.3 cm³/mol. The summed E-state index contributed by atoms with van der Waals surface area (Å²) in [5.74, 6) is -1.57. The molecule has 1 fully saturated rings. The van der Waals surface area contributed by atoms with E-state index in [2.05, 4.69) is 0 Å². The van der Waals surface area contributed by atoms with Crippen molar-refractivity contribution in [3.05, 3.63) is 0 Å². The number of cyclic esters (lactones) is 2. The SMILES string of the molecule is CCC1(CC)OC(=O)CCCC(=O)O1. The van der Waals surface area contributed by atoms with Crippen LogP contribution in [0.2, 0.25) is 0 Å². The van der Waals surface area contributed by atoms with Crippen molar-refractivity contribution in [2.45, 2.75) is 51.7 Å². The second-order valence-corrected chi connectivity index (χ2v) is 3.42. The fourth-order valence-corrected chi connectivity index (χ4v) is 1.45. The van der Waals surface area contributed by atoms with Gasteiger partial charge in [-0.25, -0.2) is 0 Å². The summed E-state index contributed by atoms with van der Waals surface area (Å²) in [4.78, 5) is 22.5. The van der Waals surface area contributed by atoms with Gasteiger partial charge in [0.05, 0.1) is 0 Å². The third-order valence-corrected chi connectivity index (χ3v) is 2.44. The summed E-state index contributed by atoms with van der Waals surface area (Å²) >= 11 is 0. The zero-order valence-electron chi connectivity index (χ0n) is 8.67. The molecule has 4 heteroatoms. The van der Waals surface area contributed by atoms with E-state index in [9.17, 15) is 9.59 Å². The molecule has 14 heavy (non-hydrogen) atoms. The number of hydrogen-bond donors (Lipinski definition) is 0. The van der Waals surface area contributed by atoms with Crippen molar-refractivity contribution in [3.8, 4) is 0 Å². The van der Waals surface area contributed by atoms with Gasteiger partial charge in [-0.3, -0.25) is 9.59 Å². The normalized spacial score (nSPS) is 21.9. The molecule has 1 rings (SSSR count). The molecule has 0 radical (unpaired) electrons. The molecule has 80 valence electrons. The first kappa shape index (κ1) is 11.0. The highest BCUT2D eigenvalue weighted by Crippen LogP contribution is 2.26. The molecule has 4 nitrogen and oxygen atoms in total. The van der Waals surface area contributed by atoms with Crippen LogP contribution < -0.4 is 0 Å². The second kappa shape index (κ2) is 4.44. The largest absolute Gasteiger partial charge is 0.422 e. The van der Waals surface area contributed by atoms with Crippen molar-refractivity contribution in [2.75, 3.05) is 0 Å².